The van der Waals surface area contributed by atoms with E-state index in [1.807, 2.05) is 24.3 Å². The van der Waals surface area contributed by atoms with E-state index in [4.69, 9.17) is 9.47 Å². The maximum Gasteiger partial charge on any atom is 0.145 e. The van der Waals surface area contributed by atoms with Crippen molar-refractivity contribution in [2.75, 3.05) is 36.5 Å². The molecule has 0 unspecified atom stereocenters. The van der Waals surface area contributed by atoms with Crippen molar-refractivity contribution in [2.24, 2.45) is 0 Å². The highest BCUT2D eigenvalue weighted by atomic mass is 19.1. The normalized spacial score (nSPS) is 14.0. The predicted molar refractivity (Wildman–Crippen MR) is 103 cm³/mol. The largest absolute Gasteiger partial charge is 0.456 e. The molecule has 2 aromatic carbocycles. The van der Waals surface area contributed by atoms with Crippen molar-refractivity contribution in [3.63, 3.8) is 0 Å². The van der Waals surface area contributed by atoms with Crippen LogP contribution in [0.25, 0.3) is 0 Å². The Kier molecular flexibility index (Phi) is 5.16. The van der Waals surface area contributed by atoms with Gasteiger partial charge in [-0.1, -0.05) is 6.07 Å². The maximum absolute atomic E-state index is 12.9. The van der Waals surface area contributed by atoms with Gasteiger partial charge in [0.05, 0.1) is 19.4 Å². The summed E-state index contributed by atoms with van der Waals surface area (Å²) in [6.45, 7) is 3.32. The molecule has 1 aromatic heterocycles. The fourth-order valence-corrected chi connectivity index (χ4v) is 2.90. The first-order valence-corrected chi connectivity index (χ1v) is 8.85. The third-order valence-electron chi connectivity index (χ3n) is 4.28. The van der Waals surface area contributed by atoms with Gasteiger partial charge in [0, 0.05) is 24.5 Å². The molecule has 3 aromatic rings. The quantitative estimate of drug-likeness (QED) is 0.716. The molecule has 1 fully saturated rings. The number of benzene rings is 2. The van der Waals surface area contributed by atoms with Gasteiger partial charge in [0.15, 0.2) is 0 Å². The van der Waals surface area contributed by atoms with Gasteiger partial charge < -0.3 is 19.7 Å². The number of nitrogens with one attached hydrogen (secondary N) is 1. The van der Waals surface area contributed by atoms with Crippen LogP contribution in [0.3, 0.4) is 0 Å². The third kappa shape index (κ3) is 4.54. The van der Waals surface area contributed by atoms with Crippen LogP contribution in [-0.4, -0.2) is 31.3 Å². The van der Waals surface area contributed by atoms with Crippen LogP contribution in [0.4, 0.5) is 21.6 Å². The van der Waals surface area contributed by atoms with Crippen LogP contribution in [0.15, 0.2) is 66.9 Å². The van der Waals surface area contributed by atoms with Gasteiger partial charge >= 0.3 is 0 Å². The number of anilines is 3. The molecule has 1 aliphatic rings. The molecule has 27 heavy (non-hydrogen) atoms. The Balaban J connectivity index is 1.41. The monoisotopic (exact) mass is 365 g/mol. The second kappa shape index (κ2) is 8.05. The number of morpholine rings is 1. The van der Waals surface area contributed by atoms with Crippen molar-refractivity contribution in [1.29, 1.82) is 0 Å². The SMILES string of the molecule is Fc1ccc(Oc2ccc(Nc3cccc(N4CCOCC4)c3)nc2)cc1. The standard InChI is InChI=1S/C21H20FN3O2/c22-16-4-6-19(7-5-16)27-20-8-9-21(23-15-20)24-17-2-1-3-18(14-17)25-10-12-26-13-11-25/h1-9,14-15H,10-13H2,(H,23,24). The number of hydrogen-bond donors (Lipinski definition) is 1. The first-order chi connectivity index (χ1) is 13.3. The van der Waals surface area contributed by atoms with Gasteiger partial charge in [0.25, 0.3) is 0 Å². The second-order valence-corrected chi connectivity index (χ2v) is 6.21. The zero-order valence-corrected chi connectivity index (χ0v) is 14.8. The third-order valence-corrected chi connectivity index (χ3v) is 4.28. The molecule has 138 valence electrons. The van der Waals surface area contributed by atoms with E-state index in [-0.39, 0.29) is 5.82 Å². The highest BCUT2D eigenvalue weighted by Crippen LogP contribution is 2.25. The number of nitrogens with zero attached hydrogens (tertiary/aromatic N) is 2. The number of rotatable bonds is 5. The lowest BCUT2D eigenvalue weighted by Gasteiger charge is -2.29. The Hall–Kier alpha value is -3.12. The molecule has 0 atom stereocenters. The van der Waals surface area contributed by atoms with Crippen molar-refractivity contribution in [3.8, 4) is 11.5 Å². The maximum atomic E-state index is 12.9. The summed E-state index contributed by atoms with van der Waals surface area (Å²) in [5, 5.41) is 3.31. The zero-order chi connectivity index (χ0) is 18.5. The van der Waals surface area contributed by atoms with Crippen LogP contribution < -0.4 is 15.0 Å². The Morgan fingerprint density at radius 3 is 2.48 bits per heavy atom. The first kappa shape index (κ1) is 17.3. The minimum atomic E-state index is -0.292. The molecule has 0 radical (unpaired) electrons. The molecule has 4 rings (SSSR count). The number of pyridine rings is 1. The van der Waals surface area contributed by atoms with Crippen molar-refractivity contribution in [1.82, 2.24) is 4.98 Å². The van der Waals surface area contributed by atoms with Crippen LogP contribution in [0.5, 0.6) is 11.5 Å². The molecule has 5 nitrogen and oxygen atoms in total. The van der Waals surface area contributed by atoms with E-state index in [9.17, 15) is 4.39 Å². The van der Waals surface area contributed by atoms with Crippen molar-refractivity contribution in [2.45, 2.75) is 0 Å². The van der Waals surface area contributed by atoms with Crippen LogP contribution in [0, 0.1) is 5.82 Å². The molecular weight excluding hydrogens is 345 g/mol. The molecule has 0 spiro atoms. The van der Waals surface area contributed by atoms with Crippen molar-refractivity contribution >= 4 is 17.2 Å². The van der Waals surface area contributed by atoms with Gasteiger partial charge in [-0.3, -0.25) is 0 Å². The molecule has 0 aliphatic carbocycles. The lowest BCUT2D eigenvalue weighted by molar-refractivity contribution is 0.122. The molecular formula is C21H20FN3O2. The minimum absolute atomic E-state index is 0.292. The summed E-state index contributed by atoms with van der Waals surface area (Å²) >= 11 is 0. The average molecular weight is 365 g/mol. The summed E-state index contributed by atoms with van der Waals surface area (Å²) in [4.78, 5) is 6.69. The van der Waals surface area contributed by atoms with Crippen molar-refractivity contribution < 1.29 is 13.9 Å². The van der Waals surface area contributed by atoms with E-state index in [2.05, 4.69) is 27.3 Å². The topological polar surface area (TPSA) is 46.6 Å². The summed E-state index contributed by atoms with van der Waals surface area (Å²) in [5.41, 5.74) is 2.14. The summed E-state index contributed by atoms with van der Waals surface area (Å²) < 4.78 is 24.0. The minimum Gasteiger partial charge on any atom is -0.456 e. The van der Waals surface area contributed by atoms with E-state index in [0.717, 1.165) is 37.8 Å². The smallest absolute Gasteiger partial charge is 0.145 e. The molecule has 0 amide bonds. The second-order valence-electron chi connectivity index (χ2n) is 6.21. The zero-order valence-electron chi connectivity index (χ0n) is 14.8. The van der Waals surface area contributed by atoms with E-state index in [0.29, 0.717) is 11.5 Å². The van der Waals surface area contributed by atoms with E-state index < -0.39 is 0 Å². The molecule has 1 saturated heterocycles. The van der Waals surface area contributed by atoms with Gasteiger partial charge in [0.1, 0.15) is 23.1 Å². The summed E-state index contributed by atoms with van der Waals surface area (Å²) in [5.74, 6) is 1.59. The van der Waals surface area contributed by atoms with E-state index >= 15 is 0 Å². The Morgan fingerprint density at radius 2 is 1.74 bits per heavy atom. The highest BCUT2D eigenvalue weighted by Gasteiger charge is 2.11. The molecule has 1 aliphatic heterocycles. The van der Waals surface area contributed by atoms with Crippen molar-refractivity contribution in [3.05, 3.63) is 72.7 Å². The first-order valence-electron chi connectivity index (χ1n) is 8.85. The Labute approximate surface area is 157 Å². The fraction of sp³-hybridized carbons (Fsp3) is 0.190. The lowest BCUT2D eigenvalue weighted by atomic mass is 10.2. The van der Waals surface area contributed by atoms with Gasteiger partial charge in [-0.2, -0.15) is 0 Å². The lowest BCUT2D eigenvalue weighted by Crippen LogP contribution is -2.36. The van der Waals surface area contributed by atoms with E-state index in [1.165, 1.54) is 17.8 Å². The van der Waals surface area contributed by atoms with Gasteiger partial charge in [-0.05, 0) is 54.6 Å². The van der Waals surface area contributed by atoms with Crippen LogP contribution in [0.1, 0.15) is 0 Å². The Bertz CT molecular complexity index is 879. The molecule has 0 saturated carbocycles. The molecule has 1 N–H and O–H groups in total. The highest BCUT2D eigenvalue weighted by molar-refractivity contribution is 5.63. The molecule has 2 heterocycles. The number of halogens is 1. The number of ether oxygens (including phenoxy) is 2. The average Bonchev–Trinajstić information content (AvgIpc) is 2.72. The number of aromatic nitrogens is 1. The van der Waals surface area contributed by atoms with Crippen LogP contribution in [-0.2, 0) is 4.74 Å². The van der Waals surface area contributed by atoms with Crippen LogP contribution >= 0.6 is 0 Å². The molecule has 0 bridgehead atoms. The summed E-state index contributed by atoms with van der Waals surface area (Å²) in [6, 6.07) is 17.8. The van der Waals surface area contributed by atoms with Crippen LogP contribution in [0.2, 0.25) is 0 Å². The predicted octanol–water partition coefficient (Wildman–Crippen LogP) is 4.59. The Morgan fingerprint density at radius 1 is 0.963 bits per heavy atom. The van der Waals surface area contributed by atoms with E-state index in [1.54, 1.807) is 18.3 Å². The van der Waals surface area contributed by atoms with Gasteiger partial charge in [-0.25, -0.2) is 9.37 Å². The van der Waals surface area contributed by atoms with Gasteiger partial charge in [-0.15, -0.1) is 0 Å². The molecule has 6 heteroatoms. The fourth-order valence-electron chi connectivity index (χ4n) is 2.90. The number of hydrogen-bond acceptors (Lipinski definition) is 5. The summed E-state index contributed by atoms with van der Waals surface area (Å²) in [7, 11) is 0. The summed E-state index contributed by atoms with van der Waals surface area (Å²) in [6.07, 6.45) is 1.64. The van der Waals surface area contributed by atoms with Gasteiger partial charge in [0.2, 0.25) is 0 Å².